The molecule has 15 heavy (non-hydrogen) atoms. The van der Waals surface area contributed by atoms with Crippen molar-refractivity contribution in [1.82, 2.24) is 0 Å². The van der Waals surface area contributed by atoms with Crippen molar-refractivity contribution in [2.45, 2.75) is 40.5 Å². The van der Waals surface area contributed by atoms with Crippen LogP contribution in [0.1, 0.15) is 40.5 Å². The molecule has 1 heteroatoms. The Morgan fingerprint density at radius 2 is 1.13 bits per heavy atom. The van der Waals surface area contributed by atoms with Crippen molar-refractivity contribution in [3.8, 4) is 0 Å². The van der Waals surface area contributed by atoms with Gasteiger partial charge in [0.1, 0.15) is 0 Å². The monoisotopic (exact) mass is 210 g/mol. The van der Waals surface area contributed by atoms with Crippen LogP contribution in [0.2, 0.25) is 0 Å². The lowest BCUT2D eigenvalue weighted by molar-refractivity contribution is -0.921. The van der Waals surface area contributed by atoms with Gasteiger partial charge >= 0.3 is 0 Å². The lowest BCUT2D eigenvalue weighted by Gasteiger charge is -2.36. The molecule has 0 aliphatic carbocycles. The molecule has 2 saturated heterocycles. The highest BCUT2D eigenvalue weighted by Gasteiger charge is 2.41. The summed E-state index contributed by atoms with van der Waals surface area (Å²) >= 11 is 0. The molecule has 0 aromatic heterocycles. The van der Waals surface area contributed by atoms with E-state index in [-0.39, 0.29) is 0 Å². The van der Waals surface area contributed by atoms with E-state index < -0.39 is 0 Å². The highest BCUT2D eigenvalue weighted by Crippen LogP contribution is 2.36. The van der Waals surface area contributed by atoms with Crippen LogP contribution in [0.15, 0.2) is 0 Å². The minimum absolute atomic E-state index is 0.915. The largest absolute Gasteiger partial charge is 0.323 e. The first-order valence-electron chi connectivity index (χ1n) is 6.89. The van der Waals surface area contributed by atoms with Crippen molar-refractivity contribution in [3.63, 3.8) is 0 Å². The number of nitrogens with zero attached hydrogens (tertiary/aromatic N) is 1. The molecule has 0 saturated carbocycles. The molecule has 2 aliphatic heterocycles. The van der Waals surface area contributed by atoms with Gasteiger partial charge in [0.15, 0.2) is 0 Å². The molecular formula is C14H28N+. The van der Waals surface area contributed by atoms with Gasteiger partial charge in [-0.2, -0.15) is 0 Å². The summed E-state index contributed by atoms with van der Waals surface area (Å²) < 4.78 is 1.46. The van der Waals surface area contributed by atoms with Crippen LogP contribution < -0.4 is 0 Å². The minimum Gasteiger partial charge on any atom is -0.323 e. The number of quaternary nitrogens is 1. The zero-order valence-corrected chi connectivity index (χ0v) is 11.0. The summed E-state index contributed by atoms with van der Waals surface area (Å²) in [7, 11) is 0. The maximum atomic E-state index is 2.48. The van der Waals surface area contributed by atoms with Gasteiger partial charge in [-0.1, -0.05) is 27.7 Å². The molecule has 1 spiro atoms. The Morgan fingerprint density at radius 3 is 1.53 bits per heavy atom. The van der Waals surface area contributed by atoms with Crippen LogP contribution in [-0.4, -0.2) is 30.7 Å². The zero-order chi connectivity index (χ0) is 11.1. The Labute approximate surface area is 95.4 Å². The Balaban J connectivity index is 2.17. The maximum Gasteiger partial charge on any atom is 0.0815 e. The first-order valence-corrected chi connectivity index (χ1v) is 6.89. The van der Waals surface area contributed by atoms with Gasteiger partial charge in [0.05, 0.1) is 26.2 Å². The molecule has 0 N–H and O–H groups in total. The molecule has 0 bridgehead atoms. The van der Waals surface area contributed by atoms with E-state index in [0.29, 0.717) is 0 Å². The van der Waals surface area contributed by atoms with E-state index >= 15 is 0 Å². The molecular weight excluding hydrogens is 182 g/mol. The predicted molar refractivity (Wildman–Crippen MR) is 65.6 cm³/mol. The Morgan fingerprint density at radius 1 is 0.733 bits per heavy atom. The topological polar surface area (TPSA) is 0 Å². The lowest BCUT2D eigenvalue weighted by atomic mass is 9.80. The van der Waals surface area contributed by atoms with Gasteiger partial charge in [0.2, 0.25) is 0 Å². The molecule has 1 nitrogen and oxygen atoms in total. The smallest absolute Gasteiger partial charge is 0.0815 e. The van der Waals surface area contributed by atoms with Crippen LogP contribution in [0.4, 0.5) is 0 Å². The van der Waals surface area contributed by atoms with Crippen LogP contribution in [0.5, 0.6) is 0 Å². The van der Waals surface area contributed by atoms with E-state index in [4.69, 9.17) is 0 Å². The third kappa shape index (κ3) is 2.08. The number of rotatable bonds is 0. The summed E-state index contributed by atoms with van der Waals surface area (Å²) in [6, 6.07) is 0. The molecule has 0 aromatic rings. The molecule has 0 amide bonds. The Bertz CT molecular complexity index is 199. The predicted octanol–water partition coefficient (Wildman–Crippen LogP) is 3.16. The second-order valence-electron chi connectivity index (χ2n) is 6.53. The molecule has 0 radical (unpaired) electrons. The fourth-order valence-corrected chi connectivity index (χ4v) is 4.04. The minimum atomic E-state index is 0.915. The van der Waals surface area contributed by atoms with Crippen LogP contribution in [-0.2, 0) is 0 Å². The molecule has 2 heterocycles. The van der Waals surface area contributed by atoms with E-state index in [1.807, 2.05) is 0 Å². The van der Waals surface area contributed by atoms with Gasteiger partial charge in [-0.3, -0.25) is 0 Å². The summed E-state index contributed by atoms with van der Waals surface area (Å²) in [4.78, 5) is 0. The van der Waals surface area contributed by atoms with Crippen molar-refractivity contribution in [2.75, 3.05) is 26.2 Å². The number of hydrogen-bond acceptors (Lipinski definition) is 0. The zero-order valence-electron chi connectivity index (χ0n) is 11.0. The van der Waals surface area contributed by atoms with Gasteiger partial charge in [-0.15, -0.1) is 0 Å². The summed E-state index contributed by atoms with van der Waals surface area (Å²) in [5.74, 6) is 3.67. The van der Waals surface area contributed by atoms with E-state index in [1.54, 1.807) is 0 Å². The van der Waals surface area contributed by atoms with E-state index in [9.17, 15) is 0 Å². The fraction of sp³-hybridized carbons (Fsp3) is 1.00. The molecule has 88 valence electrons. The first kappa shape index (κ1) is 11.4. The van der Waals surface area contributed by atoms with Crippen LogP contribution in [0, 0.1) is 23.7 Å². The van der Waals surface area contributed by atoms with Crippen LogP contribution in [0.3, 0.4) is 0 Å². The van der Waals surface area contributed by atoms with Gasteiger partial charge in [-0.05, 0) is 11.8 Å². The van der Waals surface area contributed by atoms with E-state index in [0.717, 1.165) is 23.7 Å². The lowest BCUT2D eigenvalue weighted by Crippen LogP contribution is -2.49. The second-order valence-corrected chi connectivity index (χ2v) is 6.53. The van der Waals surface area contributed by atoms with Gasteiger partial charge < -0.3 is 4.48 Å². The number of hydrogen-bond donors (Lipinski definition) is 0. The maximum absolute atomic E-state index is 2.48. The fourth-order valence-electron chi connectivity index (χ4n) is 4.04. The molecule has 4 atom stereocenters. The molecule has 0 aromatic carbocycles. The molecule has 2 fully saturated rings. The third-order valence-electron chi connectivity index (χ3n) is 5.49. The Hall–Kier alpha value is -0.0400. The van der Waals surface area contributed by atoms with Crippen molar-refractivity contribution < 1.29 is 4.48 Å². The average Bonchev–Trinajstić information content (AvgIpc) is 2.60. The quantitative estimate of drug-likeness (QED) is 0.539. The highest BCUT2D eigenvalue weighted by atomic mass is 15.4. The van der Waals surface area contributed by atoms with Crippen molar-refractivity contribution in [2.24, 2.45) is 23.7 Å². The van der Waals surface area contributed by atoms with Crippen molar-refractivity contribution >= 4 is 0 Å². The summed E-state index contributed by atoms with van der Waals surface area (Å²) in [5.41, 5.74) is 0. The van der Waals surface area contributed by atoms with Crippen LogP contribution in [0.25, 0.3) is 0 Å². The van der Waals surface area contributed by atoms with E-state index in [1.165, 1.54) is 43.5 Å². The van der Waals surface area contributed by atoms with E-state index in [2.05, 4.69) is 27.7 Å². The van der Waals surface area contributed by atoms with Crippen molar-refractivity contribution in [1.29, 1.82) is 0 Å². The highest BCUT2D eigenvalue weighted by molar-refractivity contribution is 4.77. The van der Waals surface area contributed by atoms with Gasteiger partial charge in [0, 0.05) is 24.7 Å². The van der Waals surface area contributed by atoms with Gasteiger partial charge in [-0.25, -0.2) is 0 Å². The Kier molecular flexibility index (Phi) is 3.12. The first-order chi connectivity index (χ1) is 7.04. The van der Waals surface area contributed by atoms with Gasteiger partial charge in [0.25, 0.3) is 0 Å². The molecule has 4 unspecified atom stereocenters. The standard InChI is InChI=1S/C14H28N/c1-11-9-15(7-5-6-8-15)10-12(2)14(4)13(11)3/h11-14H,5-10H2,1-4H3/q+1. The summed E-state index contributed by atoms with van der Waals surface area (Å²) in [6.45, 7) is 15.8. The third-order valence-corrected chi connectivity index (χ3v) is 5.49. The SMILES string of the molecule is CC1C[N+]2(CCCC2)CC(C)C(C)C1C. The van der Waals surface area contributed by atoms with Crippen LogP contribution >= 0.6 is 0 Å². The summed E-state index contributed by atoms with van der Waals surface area (Å²) in [6.07, 6.45) is 2.95. The molecule has 2 aliphatic rings. The molecule has 2 rings (SSSR count). The normalized spacial score (nSPS) is 45.6. The second kappa shape index (κ2) is 4.08. The average molecular weight is 210 g/mol. The van der Waals surface area contributed by atoms with Crippen molar-refractivity contribution in [3.05, 3.63) is 0 Å². The summed E-state index contributed by atoms with van der Waals surface area (Å²) in [5, 5.41) is 0.